The maximum absolute atomic E-state index is 10.2. The summed E-state index contributed by atoms with van der Waals surface area (Å²) in [7, 11) is 0. The van der Waals surface area contributed by atoms with Crippen molar-refractivity contribution in [1.82, 2.24) is 0 Å². The average Bonchev–Trinajstić information content (AvgIpc) is 2.77. The summed E-state index contributed by atoms with van der Waals surface area (Å²) in [5.74, 6) is -0.659. The molecule has 0 aromatic rings. The van der Waals surface area contributed by atoms with Gasteiger partial charge in [-0.25, -0.2) is 0 Å². The van der Waals surface area contributed by atoms with E-state index in [2.05, 4.69) is 34.6 Å². The predicted molar refractivity (Wildman–Crippen MR) is 144 cm³/mol. The van der Waals surface area contributed by atoms with E-state index in [1.807, 2.05) is 0 Å². The summed E-state index contributed by atoms with van der Waals surface area (Å²) < 4.78 is 6.80. The molecule has 0 aliphatic rings. The van der Waals surface area contributed by atoms with E-state index in [0.717, 1.165) is 12.8 Å². The molecule has 0 unspecified atom stereocenters. The van der Waals surface area contributed by atoms with Crippen LogP contribution in [0.4, 0.5) is 0 Å². The van der Waals surface area contributed by atoms with Gasteiger partial charge in [0.05, 0.1) is 0 Å². The van der Waals surface area contributed by atoms with Crippen molar-refractivity contribution in [3.05, 3.63) is 0 Å². The Hall–Kier alpha value is 0.269. The third-order valence-corrected chi connectivity index (χ3v) is 22.9. The van der Waals surface area contributed by atoms with Crippen LogP contribution in [0.25, 0.3) is 0 Å². The summed E-state index contributed by atoms with van der Waals surface area (Å²) in [6.07, 6.45) is 23.3. The van der Waals surface area contributed by atoms with E-state index >= 15 is 0 Å². The molecule has 0 amide bonds. The molecule has 31 heavy (non-hydrogen) atoms. The molecular formula is C28H60O2Sn. The fraction of sp³-hybridized carbons (Fsp3) is 0.964. The number of carboxylic acid groups (broad SMARTS) is 1. The Labute approximate surface area is 201 Å². The first kappa shape index (κ1) is 33.4. The van der Waals surface area contributed by atoms with E-state index in [9.17, 15) is 4.79 Å². The Bertz CT molecular complexity index is 319. The van der Waals surface area contributed by atoms with Crippen LogP contribution in [0.5, 0.6) is 0 Å². The minimum atomic E-state index is -1.69. The molecule has 188 valence electrons. The zero-order valence-corrected chi connectivity index (χ0v) is 25.3. The molecule has 0 aromatic carbocycles. The van der Waals surface area contributed by atoms with Gasteiger partial charge in [0, 0.05) is 6.42 Å². The van der Waals surface area contributed by atoms with Crippen molar-refractivity contribution in [3.63, 3.8) is 0 Å². The molecule has 0 atom stereocenters. The number of aliphatic carboxylic acids is 1. The van der Waals surface area contributed by atoms with E-state index in [1.54, 1.807) is 17.7 Å². The van der Waals surface area contributed by atoms with Crippen LogP contribution in [0, 0.1) is 0 Å². The summed E-state index contributed by atoms with van der Waals surface area (Å²) in [6, 6.07) is 0. The molecule has 3 heteroatoms. The molecule has 0 rings (SSSR count). The van der Waals surface area contributed by atoms with Gasteiger partial charge in [-0.3, -0.25) is 4.79 Å². The molecule has 0 bridgehead atoms. The molecule has 1 N–H and O–H groups in total. The van der Waals surface area contributed by atoms with Crippen molar-refractivity contribution in [2.45, 2.75) is 168 Å². The molecule has 0 spiro atoms. The summed E-state index contributed by atoms with van der Waals surface area (Å²) in [5.41, 5.74) is 0. The fourth-order valence-corrected chi connectivity index (χ4v) is 21.4. The zero-order chi connectivity index (χ0) is 23.6. The average molecular weight is 547 g/mol. The molecule has 2 nitrogen and oxygen atoms in total. The van der Waals surface area contributed by atoms with Gasteiger partial charge in [-0.05, 0) is 6.42 Å². The van der Waals surface area contributed by atoms with Crippen LogP contribution in [0.15, 0.2) is 0 Å². The Morgan fingerprint density at radius 1 is 0.484 bits per heavy atom. The third kappa shape index (κ3) is 24.7. The van der Waals surface area contributed by atoms with Crippen molar-refractivity contribution in [3.8, 4) is 0 Å². The number of carboxylic acids is 1. The second kappa shape index (κ2) is 26.5. The summed E-state index contributed by atoms with van der Waals surface area (Å²) in [6.45, 7) is 11.7. The number of unbranched alkanes of at least 4 members (excludes halogenated alkanes) is 12. The van der Waals surface area contributed by atoms with Gasteiger partial charge in [0.15, 0.2) is 0 Å². The van der Waals surface area contributed by atoms with E-state index < -0.39 is 24.3 Å². The van der Waals surface area contributed by atoms with Gasteiger partial charge in [0.1, 0.15) is 0 Å². The maximum atomic E-state index is 10.2. The van der Waals surface area contributed by atoms with Gasteiger partial charge in [-0.15, -0.1) is 0 Å². The first-order valence-electron chi connectivity index (χ1n) is 14.2. The van der Waals surface area contributed by atoms with Gasteiger partial charge >= 0.3 is 121 Å². The summed E-state index contributed by atoms with van der Waals surface area (Å²) in [4.78, 5) is 10.2. The minimum absolute atomic E-state index is 0.343. The predicted octanol–water partition coefficient (Wildman–Crippen LogP) is 10.6. The summed E-state index contributed by atoms with van der Waals surface area (Å²) in [5, 5.41) is 8.41. The molecule has 0 aliphatic heterocycles. The summed E-state index contributed by atoms with van der Waals surface area (Å²) >= 11 is -1.69. The number of carbonyl (C=O) groups is 1. The molecule has 0 saturated heterocycles. The van der Waals surface area contributed by atoms with Gasteiger partial charge in [0.25, 0.3) is 0 Å². The molecule has 0 fully saturated rings. The quantitative estimate of drug-likeness (QED) is 0.108. The Kier molecular flexibility index (Phi) is 28.6. The second-order valence-corrected chi connectivity index (χ2v) is 24.2. The fourth-order valence-electron chi connectivity index (χ4n) is 4.54. The van der Waals surface area contributed by atoms with Crippen molar-refractivity contribution < 1.29 is 9.90 Å². The van der Waals surface area contributed by atoms with Crippen LogP contribution in [-0.4, -0.2) is 29.5 Å². The monoisotopic (exact) mass is 548 g/mol. The molecule has 0 radical (unpaired) electrons. The van der Waals surface area contributed by atoms with Gasteiger partial charge in [-0.2, -0.15) is 0 Å². The van der Waals surface area contributed by atoms with E-state index in [1.165, 1.54) is 96.3 Å². The number of hydrogen-bond acceptors (Lipinski definition) is 1. The topological polar surface area (TPSA) is 37.3 Å². The Balaban J connectivity index is 0. The van der Waals surface area contributed by atoms with Crippen LogP contribution in [-0.2, 0) is 4.79 Å². The first-order chi connectivity index (χ1) is 15.0. The Morgan fingerprint density at radius 3 is 1.06 bits per heavy atom. The van der Waals surface area contributed by atoms with E-state index in [-0.39, 0.29) is 0 Å². The molecule has 0 aliphatic carbocycles. The van der Waals surface area contributed by atoms with Crippen LogP contribution >= 0.6 is 0 Å². The van der Waals surface area contributed by atoms with Crippen LogP contribution in [0.2, 0.25) is 17.7 Å². The first-order valence-corrected chi connectivity index (χ1v) is 22.3. The Morgan fingerprint density at radius 2 is 0.774 bits per heavy atom. The van der Waals surface area contributed by atoms with Gasteiger partial charge in [-0.1, -0.05) is 58.3 Å². The normalized spacial score (nSPS) is 11.3. The van der Waals surface area contributed by atoms with E-state index in [0.29, 0.717) is 6.42 Å². The number of hydrogen-bond donors (Lipinski definition) is 1. The van der Waals surface area contributed by atoms with E-state index in [4.69, 9.17) is 5.11 Å². The number of rotatable bonds is 22. The molecular weight excluding hydrogens is 487 g/mol. The molecule has 0 heterocycles. The van der Waals surface area contributed by atoms with Crippen molar-refractivity contribution in [1.29, 1.82) is 0 Å². The third-order valence-electron chi connectivity index (χ3n) is 6.74. The van der Waals surface area contributed by atoms with Crippen LogP contribution in [0.1, 0.15) is 150 Å². The van der Waals surface area contributed by atoms with Crippen molar-refractivity contribution in [2.75, 3.05) is 0 Å². The van der Waals surface area contributed by atoms with Crippen LogP contribution in [0.3, 0.4) is 0 Å². The van der Waals surface area contributed by atoms with Gasteiger partial charge in [0.2, 0.25) is 0 Å². The zero-order valence-electron chi connectivity index (χ0n) is 22.4. The van der Waals surface area contributed by atoms with Gasteiger partial charge < -0.3 is 5.11 Å². The van der Waals surface area contributed by atoms with Crippen LogP contribution < -0.4 is 0 Å². The second-order valence-electron chi connectivity index (χ2n) is 9.89. The molecule has 0 aromatic heterocycles. The van der Waals surface area contributed by atoms with Crippen molar-refractivity contribution in [2.24, 2.45) is 0 Å². The SMILES string of the molecule is CCCCCCCCCCCC(=O)O.CCC[CH2][Sn]([CH2]CCC)([CH2]CCC)[CH2]CCC. The standard InChI is InChI=1S/C12H24O2.4C4H9.Sn/c1-2-3-4-5-6-7-8-9-10-11-12(13)14;4*1-3-4-2;/h2-11H2,1H3,(H,13,14);4*1,3-4H2,2H3;. The van der Waals surface area contributed by atoms with Crippen molar-refractivity contribution >= 4 is 24.3 Å². The molecule has 0 saturated carbocycles.